The number of thiazole rings is 1. The van der Waals surface area contributed by atoms with Gasteiger partial charge in [-0.25, -0.2) is 4.98 Å². The summed E-state index contributed by atoms with van der Waals surface area (Å²) in [6.07, 6.45) is 4.10. The van der Waals surface area contributed by atoms with Gasteiger partial charge in [0.2, 0.25) is 11.8 Å². The minimum absolute atomic E-state index is 0.0106. The molecule has 1 N–H and O–H groups in total. The van der Waals surface area contributed by atoms with Crippen molar-refractivity contribution in [2.24, 2.45) is 0 Å². The maximum absolute atomic E-state index is 12.1. The fourth-order valence-corrected chi connectivity index (χ4v) is 3.68. The normalized spacial score (nSPS) is 15.7. The topological polar surface area (TPSA) is 62.3 Å². The molecule has 2 amide bonds. The summed E-state index contributed by atoms with van der Waals surface area (Å²) in [5.74, 6) is 0.174. The van der Waals surface area contributed by atoms with E-state index in [1.807, 2.05) is 28.6 Å². The molecule has 122 valence electrons. The van der Waals surface area contributed by atoms with Crippen molar-refractivity contribution in [1.82, 2.24) is 15.2 Å². The Morgan fingerprint density at radius 3 is 3.13 bits per heavy atom. The molecule has 0 unspecified atom stereocenters. The highest BCUT2D eigenvalue weighted by Crippen LogP contribution is 2.21. The Labute approximate surface area is 139 Å². The van der Waals surface area contributed by atoms with Crippen LogP contribution in [-0.2, 0) is 16.1 Å². The van der Waals surface area contributed by atoms with Crippen LogP contribution in [0.4, 0.5) is 0 Å². The molecule has 1 aromatic carbocycles. The first-order valence-electron chi connectivity index (χ1n) is 8.09. The number of hydrogen-bond acceptors (Lipinski definition) is 4. The third-order valence-corrected chi connectivity index (χ3v) is 5.11. The molecule has 0 atom stereocenters. The van der Waals surface area contributed by atoms with Gasteiger partial charge in [-0.05, 0) is 24.5 Å². The maximum atomic E-state index is 12.1. The van der Waals surface area contributed by atoms with Gasteiger partial charge in [-0.2, -0.15) is 0 Å². The van der Waals surface area contributed by atoms with Gasteiger partial charge >= 0.3 is 0 Å². The van der Waals surface area contributed by atoms with Gasteiger partial charge in [0.05, 0.1) is 15.7 Å². The Hall–Kier alpha value is -1.95. The second-order valence-corrected chi connectivity index (χ2v) is 6.69. The zero-order chi connectivity index (χ0) is 16.1. The van der Waals surface area contributed by atoms with E-state index in [4.69, 9.17) is 0 Å². The van der Waals surface area contributed by atoms with Crippen molar-refractivity contribution in [3.05, 3.63) is 29.3 Å². The Kier molecular flexibility index (Phi) is 5.23. The average molecular weight is 331 g/mol. The second-order valence-electron chi connectivity index (χ2n) is 5.84. The molecule has 1 fully saturated rings. The molecule has 1 aliphatic rings. The molecule has 2 heterocycles. The summed E-state index contributed by atoms with van der Waals surface area (Å²) in [5.41, 5.74) is 3.88. The van der Waals surface area contributed by atoms with Crippen LogP contribution in [0.3, 0.4) is 0 Å². The summed E-state index contributed by atoms with van der Waals surface area (Å²) >= 11 is 1.59. The van der Waals surface area contributed by atoms with Crippen molar-refractivity contribution >= 4 is 33.4 Å². The molecule has 0 aliphatic carbocycles. The van der Waals surface area contributed by atoms with Crippen molar-refractivity contribution < 1.29 is 9.59 Å². The van der Waals surface area contributed by atoms with Crippen molar-refractivity contribution in [3.8, 4) is 0 Å². The van der Waals surface area contributed by atoms with E-state index in [1.165, 1.54) is 0 Å². The van der Waals surface area contributed by atoms with E-state index < -0.39 is 0 Å². The van der Waals surface area contributed by atoms with E-state index in [-0.39, 0.29) is 11.8 Å². The SMILES string of the molecule is O=C(CCN1CCCCCC1=O)NCc1cccc2ncsc12. The Balaban J connectivity index is 1.49. The number of hydrogen-bond donors (Lipinski definition) is 1. The monoisotopic (exact) mass is 331 g/mol. The smallest absolute Gasteiger partial charge is 0.222 e. The van der Waals surface area contributed by atoms with E-state index in [2.05, 4.69) is 10.3 Å². The zero-order valence-electron chi connectivity index (χ0n) is 13.1. The number of aromatic nitrogens is 1. The van der Waals surface area contributed by atoms with Crippen molar-refractivity contribution in [2.75, 3.05) is 13.1 Å². The standard InChI is InChI=1S/C17H21N3O2S/c21-15(8-10-20-9-3-1-2-7-16(20)22)18-11-13-5-4-6-14-17(13)23-12-19-14/h4-6,12H,1-3,7-11H2,(H,18,21). The number of carbonyl (C=O) groups is 2. The van der Waals surface area contributed by atoms with Gasteiger partial charge in [0.1, 0.15) is 0 Å². The van der Waals surface area contributed by atoms with E-state index in [0.717, 1.165) is 41.6 Å². The van der Waals surface area contributed by atoms with Gasteiger partial charge in [0.15, 0.2) is 0 Å². The molecule has 6 heteroatoms. The van der Waals surface area contributed by atoms with Crippen LogP contribution < -0.4 is 5.32 Å². The third kappa shape index (κ3) is 4.07. The molecular weight excluding hydrogens is 310 g/mol. The van der Waals surface area contributed by atoms with Crippen LogP contribution >= 0.6 is 11.3 Å². The molecule has 1 aliphatic heterocycles. The first kappa shape index (κ1) is 15.9. The third-order valence-electron chi connectivity index (χ3n) is 4.19. The lowest BCUT2D eigenvalue weighted by Crippen LogP contribution is -2.34. The maximum Gasteiger partial charge on any atom is 0.222 e. The lowest BCUT2D eigenvalue weighted by molar-refractivity contribution is -0.131. The number of likely N-dealkylation sites (tertiary alicyclic amines) is 1. The number of nitrogens with zero attached hydrogens (tertiary/aromatic N) is 2. The molecule has 0 bridgehead atoms. The Morgan fingerprint density at radius 1 is 1.30 bits per heavy atom. The molecule has 0 radical (unpaired) electrons. The molecule has 0 saturated carbocycles. The second kappa shape index (κ2) is 7.55. The first-order valence-corrected chi connectivity index (χ1v) is 8.97. The Bertz CT molecular complexity index is 698. The van der Waals surface area contributed by atoms with Crippen molar-refractivity contribution in [3.63, 3.8) is 0 Å². The molecule has 5 nitrogen and oxygen atoms in total. The lowest BCUT2D eigenvalue weighted by Gasteiger charge is -2.20. The van der Waals surface area contributed by atoms with E-state index in [9.17, 15) is 9.59 Å². The molecular formula is C17H21N3O2S. The molecule has 1 aromatic heterocycles. The fraction of sp³-hybridized carbons (Fsp3) is 0.471. The quantitative estimate of drug-likeness (QED) is 0.916. The summed E-state index contributed by atoms with van der Waals surface area (Å²) in [4.78, 5) is 30.1. The molecule has 23 heavy (non-hydrogen) atoms. The van der Waals surface area contributed by atoms with Crippen LogP contribution in [0.2, 0.25) is 0 Å². The largest absolute Gasteiger partial charge is 0.352 e. The van der Waals surface area contributed by atoms with E-state index >= 15 is 0 Å². The van der Waals surface area contributed by atoms with Crippen LogP contribution in [0.1, 0.15) is 37.7 Å². The van der Waals surface area contributed by atoms with Gasteiger partial charge in [0.25, 0.3) is 0 Å². The minimum atomic E-state index is -0.0106. The van der Waals surface area contributed by atoms with Gasteiger partial charge in [-0.15, -0.1) is 11.3 Å². The number of fused-ring (bicyclic) bond motifs is 1. The van der Waals surface area contributed by atoms with Gasteiger partial charge in [-0.3, -0.25) is 9.59 Å². The van der Waals surface area contributed by atoms with Crippen molar-refractivity contribution in [2.45, 2.75) is 38.6 Å². The predicted octanol–water partition coefficient (Wildman–Crippen LogP) is 2.71. The summed E-state index contributed by atoms with van der Waals surface area (Å²) in [6, 6.07) is 5.95. The van der Waals surface area contributed by atoms with Gasteiger partial charge < -0.3 is 10.2 Å². The highest BCUT2D eigenvalue weighted by Gasteiger charge is 2.17. The van der Waals surface area contributed by atoms with Crippen LogP contribution in [0.5, 0.6) is 0 Å². The van der Waals surface area contributed by atoms with Crippen molar-refractivity contribution in [1.29, 1.82) is 0 Å². The van der Waals surface area contributed by atoms with Gasteiger partial charge in [0, 0.05) is 32.5 Å². The minimum Gasteiger partial charge on any atom is -0.352 e. The summed E-state index contributed by atoms with van der Waals surface area (Å²) in [5, 5.41) is 2.95. The van der Waals surface area contributed by atoms with Crippen LogP contribution in [-0.4, -0.2) is 34.8 Å². The average Bonchev–Trinajstić information content (AvgIpc) is 2.95. The highest BCUT2D eigenvalue weighted by molar-refractivity contribution is 7.16. The summed E-state index contributed by atoms with van der Waals surface area (Å²) in [6.45, 7) is 1.81. The molecule has 1 saturated heterocycles. The predicted molar refractivity (Wildman–Crippen MR) is 91.1 cm³/mol. The lowest BCUT2D eigenvalue weighted by atomic mass is 10.2. The molecule has 0 spiro atoms. The number of rotatable bonds is 5. The van der Waals surface area contributed by atoms with E-state index in [0.29, 0.717) is 25.9 Å². The highest BCUT2D eigenvalue weighted by atomic mass is 32.1. The van der Waals surface area contributed by atoms with Crippen LogP contribution in [0.15, 0.2) is 23.7 Å². The first-order chi connectivity index (χ1) is 11.2. The van der Waals surface area contributed by atoms with E-state index in [1.54, 1.807) is 11.3 Å². The summed E-state index contributed by atoms with van der Waals surface area (Å²) < 4.78 is 1.12. The molecule has 3 rings (SSSR count). The van der Waals surface area contributed by atoms with Gasteiger partial charge in [-0.1, -0.05) is 18.6 Å². The van der Waals surface area contributed by atoms with Crippen LogP contribution in [0.25, 0.3) is 10.2 Å². The number of benzene rings is 1. The molecule has 2 aromatic rings. The summed E-state index contributed by atoms with van der Waals surface area (Å²) in [7, 11) is 0. The number of nitrogens with one attached hydrogen (secondary N) is 1. The Morgan fingerprint density at radius 2 is 2.22 bits per heavy atom. The van der Waals surface area contributed by atoms with Crippen LogP contribution in [0, 0.1) is 0 Å². The number of carbonyl (C=O) groups excluding carboxylic acids is 2. The fourth-order valence-electron chi connectivity index (χ4n) is 2.88. The zero-order valence-corrected chi connectivity index (χ0v) is 13.9. The number of amides is 2.